The average molecular weight is 309 g/mol. The van der Waals surface area contributed by atoms with Crippen molar-refractivity contribution in [2.24, 2.45) is 5.11 Å². The molecule has 0 aliphatic carbocycles. The maximum atomic E-state index is 8.60. The fourth-order valence-corrected chi connectivity index (χ4v) is 3.27. The summed E-state index contributed by atoms with van der Waals surface area (Å²) in [7, 11) is 0. The summed E-state index contributed by atoms with van der Waals surface area (Å²) in [6.45, 7) is 2.05. The van der Waals surface area contributed by atoms with E-state index in [-0.39, 0.29) is 0 Å². The zero-order valence-corrected chi connectivity index (χ0v) is 13.3. The molecule has 4 aromatic rings. The standard InChI is InChI=1S/C21H15N3/c1-14-11-18(23-24-22)9-10-19(14)20-8-4-7-17-12-15-5-2-3-6-16(15)13-21(17)20/h2-13H,1H3. The number of nitrogens with zero attached hydrogens (tertiary/aromatic N) is 3. The molecule has 0 heterocycles. The minimum Gasteiger partial charge on any atom is -0.0616 e. The van der Waals surface area contributed by atoms with Crippen molar-refractivity contribution in [3.8, 4) is 11.1 Å². The molecule has 0 unspecified atom stereocenters. The molecule has 0 bridgehead atoms. The fourth-order valence-electron chi connectivity index (χ4n) is 3.27. The van der Waals surface area contributed by atoms with Crippen molar-refractivity contribution in [1.82, 2.24) is 0 Å². The molecule has 3 nitrogen and oxygen atoms in total. The Labute approximate surface area is 139 Å². The van der Waals surface area contributed by atoms with Gasteiger partial charge >= 0.3 is 0 Å². The molecule has 0 N–H and O–H groups in total. The summed E-state index contributed by atoms with van der Waals surface area (Å²) in [4.78, 5) is 2.86. The third kappa shape index (κ3) is 2.37. The van der Waals surface area contributed by atoms with Crippen LogP contribution in [0.4, 0.5) is 5.69 Å². The van der Waals surface area contributed by atoms with Crippen LogP contribution in [-0.4, -0.2) is 0 Å². The molecule has 4 rings (SSSR count). The Morgan fingerprint density at radius 2 is 1.50 bits per heavy atom. The van der Waals surface area contributed by atoms with Gasteiger partial charge in [0, 0.05) is 10.6 Å². The number of azide groups is 1. The van der Waals surface area contributed by atoms with Crippen LogP contribution in [0.3, 0.4) is 0 Å². The van der Waals surface area contributed by atoms with E-state index >= 15 is 0 Å². The molecule has 0 saturated heterocycles. The van der Waals surface area contributed by atoms with E-state index < -0.39 is 0 Å². The number of hydrogen-bond donors (Lipinski definition) is 0. The van der Waals surface area contributed by atoms with Crippen LogP contribution in [0.15, 0.2) is 77.9 Å². The van der Waals surface area contributed by atoms with E-state index in [1.54, 1.807) is 0 Å². The summed E-state index contributed by atoms with van der Waals surface area (Å²) in [5.74, 6) is 0. The number of fused-ring (bicyclic) bond motifs is 2. The lowest BCUT2D eigenvalue weighted by atomic mass is 9.93. The second-order valence-electron chi connectivity index (χ2n) is 5.91. The highest BCUT2D eigenvalue weighted by atomic mass is 15.1. The van der Waals surface area contributed by atoms with Crippen LogP contribution in [-0.2, 0) is 0 Å². The highest BCUT2D eigenvalue weighted by molar-refractivity contribution is 6.05. The van der Waals surface area contributed by atoms with Gasteiger partial charge in [0.25, 0.3) is 0 Å². The third-order valence-corrected chi connectivity index (χ3v) is 4.41. The Hall–Kier alpha value is -3.29. The summed E-state index contributed by atoms with van der Waals surface area (Å²) in [6.07, 6.45) is 0. The molecule has 0 spiro atoms. The van der Waals surface area contributed by atoms with Gasteiger partial charge in [-0.3, -0.25) is 0 Å². The monoisotopic (exact) mass is 309 g/mol. The Bertz CT molecular complexity index is 1120. The van der Waals surface area contributed by atoms with Crippen molar-refractivity contribution in [2.75, 3.05) is 0 Å². The maximum Gasteiger partial charge on any atom is 0.0378 e. The Morgan fingerprint density at radius 1 is 0.750 bits per heavy atom. The highest BCUT2D eigenvalue weighted by Gasteiger charge is 2.08. The minimum atomic E-state index is 0.643. The number of aryl methyl sites for hydroxylation is 1. The van der Waals surface area contributed by atoms with Gasteiger partial charge in [-0.25, -0.2) is 0 Å². The van der Waals surface area contributed by atoms with Crippen molar-refractivity contribution in [2.45, 2.75) is 6.92 Å². The molecule has 3 heteroatoms. The molecule has 24 heavy (non-hydrogen) atoms. The van der Waals surface area contributed by atoms with E-state index in [0.29, 0.717) is 5.69 Å². The van der Waals surface area contributed by atoms with Crippen molar-refractivity contribution < 1.29 is 0 Å². The van der Waals surface area contributed by atoms with E-state index in [4.69, 9.17) is 5.53 Å². The third-order valence-electron chi connectivity index (χ3n) is 4.41. The zero-order chi connectivity index (χ0) is 16.5. The first kappa shape index (κ1) is 14.3. The average Bonchev–Trinajstić information content (AvgIpc) is 2.60. The molecular weight excluding hydrogens is 294 g/mol. The van der Waals surface area contributed by atoms with Gasteiger partial charge in [-0.1, -0.05) is 59.7 Å². The lowest BCUT2D eigenvalue weighted by molar-refractivity contribution is 1.41. The van der Waals surface area contributed by atoms with Gasteiger partial charge in [0.1, 0.15) is 0 Å². The van der Waals surface area contributed by atoms with Crippen LogP contribution in [0.1, 0.15) is 5.56 Å². The van der Waals surface area contributed by atoms with Gasteiger partial charge in [-0.2, -0.15) is 0 Å². The molecule has 0 atom stereocenters. The van der Waals surface area contributed by atoms with Crippen LogP contribution in [0.5, 0.6) is 0 Å². The molecule has 0 aliphatic rings. The molecule has 0 aliphatic heterocycles. The molecule has 4 aromatic carbocycles. The molecular formula is C21H15N3. The summed E-state index contributed by atoms with van der Waals surface area (Å²) in [5, 5.41) is 8.63. The van der Waals surface area contributed by atoms with E-state index in [1.807, 2.05) is 25.1 Å². The molecule has 0 radical (unpaired) electrons. The number of hydrogen-bond acceptors (Lipinski definition) is 1. The Balaban J connectivity index is 1.99. The fraction of sp³-hybridized carbons (Fsp3) is 0.0476. The van der Waals surface area contributed by atoms with Crippen LogP contribution >= 0.6 is 0 Å². The van der Waals surface area contributed by atoms with E-state index in [2.05, 4.69) is 64.6 Å². The van der Waals surface area contributed by atoms with E-state index in [9.17, 15) is 0 Å². The number of rotatable bonds is 2. The summed E-state index contributed by atoms with van der Waals surface area (Å²) < 4.78 is 0. The van der Waals surface area contributed by atoms with Gasteiger partial charge in [0.2, 0.25) is 0 Å². The molecule has 114 valence electrons. The van der Waals surface area contributed by atoms with E-state index in [1.165, 1.54) is 27.1 Å². The first-order valence-corrected chi connectivity index (χ1v) is 7.84. The lowest BCUT2D eigenvalue weighted by Gasteiger charge is -2.11. The first-order chi connectivity index (χ1) is 11.8. The maximum absolute atomic E-state index is 8.60. The van der Waals surface area contributed by atoms with Gasteiger partial charge in [0.05, 0.1) is 0 Å². The quantitative estimate of drug-likeness (QED) is 0.167. The van der Waals surface area contributed by atoms with Gasteiger partial charge in [0.15, 0.2) is 0 Å². The van der Waals surface area contributed by atoms with Crippen LogP contribution in [0, 0.1) is 6.92 Å². The predicted octanol–water partition coefficient (Wildman–Crippen LogP) is 6.91. The van der Waals surface area contributed by atoms with Crippen molar-refractivity contribution in [3.63, 3.8) is 0 Å². The largest absolute Gasteiger partial charge is 0.0616 e. The highest BCUT2D eigenvalue weighted by Crippen LogP contribution is 2.34. The van der Waals surface area contributed by atoms with Crippen molar-refractivity contribution in [3.05, 3.63) is 88.8 Å². The summed E-state index contributed by atoms with van der Waals surface area (Å²) in [6, 6.07) is 25.1. The zero-order valence-electron chi connectivity index (χ0n) is 13.3. The van der Waals surface area contributed by atoms with Crippen molar-refractivity contribution >= 4 is 27.2 Å². The van der Waals surface area contributed by atoms with Crippen molar-refractivity contribution in [1.29, 1.82) is 0 Å². The van der Waals surface area contributed by atoms with Crippen LogP contribution in [0.2, 0.25) is 0 Å². The summed E-state index contributed by atoms with van der Waals surface area (Å²) in [5.41, 5.74) is 12.7. The Morgan fingerprint density at radius 3 is 2.25 bits per heavy atom. The molecule has 0 amide bonds. The van der Waals surface area contributed by atoms with Gasteiger partial charge < -0.3 is 0 Å². The normalized spacial score (nSPS) is 10.7. The van der Waals surface area contributed by atoms with Crippen LogP contribution in [0.25, 0.3) is 43.1 Å². The molecule has 0 fully saturated rings. The topological polar surface area (TPSA) is 48.8 Å². The Kier molecular flexibility index (Phi) is 3.42. The second kappa shape index (κ2) is 5.73. The molecule has 0 aromatic heterocycles. The smallest absolute Gasteiger partial charge is 0.0378 e. The minimum absolute atomic E-state index is 0.643. The lowest BCUT2D eigenvalue weighted by Crippen LogP contribution is -1.86. The first-order valence-electron chi connectivity index (χ1n) is 7.84. The molecule has 0 saturated carbocycles. The SMILES string of the molecule is Cc1cc(N=[N+]=[N-])ccc1-c1cccc2cc3ccccc3cc12. The van der Waals surface area contributed by atoms with Gasteiger partial charge in [-0.15, -0.1) is 0 Å². The van der Waals surface area contributed by atoms with Crippen LogP contribution < -0.4 is 0 Å². The summed E-state index contributed by atoms with van der Waals surface area (Å²) >= 11 is 0. The van der Waals surface area contributed by atoms with Gasteiger partial charge in [-0.05, 0) is 68.9 Å². The van der Waals surface area contributed by atoms with E-state index in [0.717, 1.165) is 11.1 Å². The second-order valence-corrected chi connectivity index (χ2v) is 5.91. The number of benzene rings is 4. The predicted molar refractivity (Wildman–Crippen MR) is 100 cm³/mol.